The van der Waals surface area contributed by atoms with E-state index in [1.54, 1.807) is 0 Å². The van der Waals surface area contributed by atoms with Crippen LogP contribution in [0.2, 0.25) is 0 Å². The zero-order valence-electron chi connectivity index (χ0n) is 10.5. The highest BCUT2D eigenvalue weighted by Gasteiger charge is 2.07. The Hall–Kier alpha value is -0.830. The monoisotopic (exact) mass is 209 g/mol. The van der Waals surface area contributed by atoms with Gasteiger partial charge in [0.05, 0.1) is 5.69 Å². The summed E-state index contributed by atoms with van der Waals surface area (Å²) in [5.74, 6) is 0.616. The van der Waals surface area contributed by atoms with Gasteiger partial charge in [0.15, 0.2) is 0 Å². The molecule has 0 fully saturated rings. The van der Waals surface area contributed by atoms with Gasteiger partial charge in [-0.05, 0) is 32.4 Å². The lowest BCUT2D eigenvalue weighted by atomic mass is 10.1. The molecule has 1 unspecified atom stereocenters. The molecule has 1 rings (SSSR count). The van der Waals surface area contributed by atoms with E-state index in [-0.39, 0.29) is 0 Å². The standard InChI is InChI=1S/C12H23N3/c1-9(2)13-7-10(3)8-15-12(5)6-11(4)14-15/h6,9-10,13H,7-8H2,1-5H3. The average Bonchev–Trinajstić information content (AvgIpc) is 2.42. The van der Waals surface area contributed by atoms with Gasteiger partial charge in [0.2, 0.25) is 0 Å². The fourth-order valence-corrected chi connectivity index (χ4v) is 1.66. The molecule has 0 aliphatic carbocycles. The maximum Gasteiger partial charge on any atom is 0.0596 e. The second kappa shape index (κ2) is 5.31. The SMILES string of the molecule is Cc1cc(C)n(CC(C)CNC(C)C)n1. The van der Waals surface area contributed by atoms with Crippen LogP contribution in [0, 0.1) is 19.8 Å². The van der Waals surface area contributed by atoms with E-state index in [0.29, 0.717) is 12.0 Å². The van der Waals surface area contributed by atoms with E-state index in [0.717, 1.165) is 18.8 Å². The molecule has 3 nitrogen and oxygen atoms in total. The summed E-state index contributed by atoms with van der Waals surface area (Å²) in [6, 6.07) is 2.69. The van der Waals surface area contributed by atoms with E-state index in [4.69, 9.17) is 0 Å². The number of aryl methyl sites for hydroxylation is 2. The lowest BCUT2D eigenvalue weighted by molar-refractivity contribution is 0.401. The average molecular weight is 209 g/mol. The van der Waals surface area contributed by atoms with Gasteiger partial charge in [-0.2, -0.15) is 5.10 Å². The fourth-order valence-electron chi connectivity index (χ4n) is 1.66. The van der Waals surface area contributed by atoms with E-state index < -0.39 is 0 Å². The Morgan fingerprint density at radius 1 is 1.33 bits per heavy atom. The van der Waals surface area contributed by atoms with Crippen molar-refractivity contribution in [1.29, 1.82) is 0 Å². The summed E-state index contributed by atoms with van der Waals surface area (Å²) < 4.78 is 2.10. The summed E-state index contributed by atoms with van der Waals surface area (Å²) in [5.41, 5.74) is 2.36. The Morgan fingerprint density at radius 2 is 2.00 bits per heavy atom. The fraction of sp³-hybridized carbons (Fsp3) is 0.750. The van der Waals surface area contributed by atoms with Gasteiger partial charge >= 0.3 is 0 Å². The lowest BCUT2D eigenvalue weighted by Gasteiger charge is -2.15. The summed E-state index contributed by atoms with van der Waals surface area (Å²) in [6.45, 7) is 12.8. The molecule has 15 heavy (non-hydrogen) atoms. The molecule has 0 aromatic carbocycles. The molecule has 1 aromatic rings. The first-order valence-electron chi connectivity index (χ1n) is 5.73. The topological polar surface area (TPSA) is 29.9 Å². The van der Waals surface area contributed by atoms with Crippen LogP contribution in [-0.2, 0) is 6.54 Å². The zero-order chi connectivity index (χ0) is 11.4. The summed E-state index contributed by atoms with van der Waals surface area (Å²) >= 11 is 0. The molecule has 0 bridgehead atoms. The number of aromatic nitrogens is 2. The van der Waals surface area contributed by atoms with Crippen molar-refractivity contribution < 1.29 is 0 Å². The van der Waals surface area contributed by atoms with Crippen molar-refractivity contribution in [3.8, 4) is 0 Å². The van der Waals surface area contributed by atoms with Crippen LogP contribution in [0.3, 0.4) is 0 Å². The van der Waals surface area contributed by atoms with Crippen molar-refractivity contribution in [1.82, 2.24) is 15.1 Å². The summed E-state index contributed by atoms with van der Waals surface area (Å²) in [4.78, 5) is 0. The number of nitrogens with one attached hydrogen (secondary N) is 1. The van der Waals surface area contributed by atoms with Crippen molar-refractivity contribution in [2.24, 2.45) is 5.92 Å². The zero-order valence-corrected chi connectivity index (χ0v) is 10.5. The smallest absolute Gasteiger partial charge is 0.0596 e. The third-order valence-corrected chi connectivity index (χ3v) is 2.46. The van der Waals surface area contributed by atoms with E-state index in [1.165, 1.54) is 5.69 Å². The van der Waals surface area contributed by atoms with Gasteiger partial charge in [-0.25, -0.2) is 0 Å². The van der Waals surface area contributed by atoms with Crippen LogP contribution in [0.5, 0.6) is 0 Å². The summed E-state index contributed by atoms with van der Waals surface area (Å²) in [7, 11) is 0. The van der Waals surface area contributed by atoms with E-state index in [2.05, 4.69) is 48.9 Å². The maximum absolute atomic E-state index is 4.47. The molecule has 1 aromatic heterocycles. The second-order valence-electron chi connectivity index (χ2n) is 4.78. The van der Waals surface area contributed by atoms with Crippen LogP contribution in [0.15, 0.2) is 6.07 Å². The third-order valence-electron chi connectivity index (χ3n) is 2.46. The summed E-state index contributed by atoms with van der Waals surface area (Å²) in [5, 5.41) is 7.92. The first kappa shape index (κ1) is 12.2. The minimum absolute atomic E-state index is 0.563. The quantitative estimate of drug-likeness (QED) is 0.805. The van der Waals surface area contributed by atoms with Gasteiger partial charge in [-0.1, -0.05) is 20.8 Å². The van der Waals surface area contributed by atoms with Gasteiger partial charge in [0.25, 0.3) is 0 Å². The Bertz CT molecular complexity index is 302. The predicted molar refractivity (Wildman–Crippen MR) is 64.0 cm³/mol. The highest BCUT2D eigenvalue weighted by atomic mass is 15.3. The molecule has 86 valence electrons. The molecule has 0 saturated carbocycles. The van der Waals surface area contributed by atoms with Gasteiger partial charge in [-0.15, -0.1) is 0 Å². The first-order chi connectivity index (χ1) is 6.99. The highest BCUT2D eigenvalue weighted by molar-refractivity contribution is 5.06. The number of nitrogens with zero attached hydrogens (tertiary/aromatic N) is 2. The largest absolute Gasteiger partial charge is 0.314 e. The van der Waals surface area contributed by atoms with Crippen molar-refractivity contribution in [3.05, 3.63) is 17.5 Å². The van der Waals surface area contributed by atoms with Crippen LogP contribution in [0.1, 0.15) is 32.2 Å². The lowest BCUT2D eigenvalue weighted by Crippen LogP contribution is -2.30. The van der Waals surface area contributed by atoms with Crippen LogP contribution < -0.4 is 5.32 Å². The Balaban J connectivity index is 2.44. The molecule has 3 heteroatoms. The molecular formula is C12H23N3. The van der Waals surface area contributed by atoms with E-state index >= 15 is 0 Å². The number of rotatable bonds is 5. The van der Waals surface area contributed by atoms with Crippen LogP contribution in [-0.4, -0.2) is 22.4 Å². The minimum atomic E-state index is 0.563. The number of hydrogen-bond acceptors (Lipinski definition) is 2. The molecule has 0 aliphatic heterocycles. The third kappa shape index (κ3) is 4.04. The van der Waals surface area contributed by atoms with E-state index in [9.17, 15) is 0 Å². The van der Waals surface area contributed by atoms with E-state index in [1.807, 2.05) is 6.92 Å². The molecule has 0 spiro atoms. The van der Waals surface area contributed by atoms with Crippen LogP contribution in [0.4, 0.5) is 0 Å². The molecule has 1 N–H and O–H groups in total. The predicted octanol–water partition coefficient (Wildman–Crippen LogP) is 2.13. The Kier molecular flexibility index (Phi) is 4.33. The molecule has 0 aliphatic rings. The first-order valence-corrected chi connectivity index (χ1v) is 5.73. The van der Waals surface area contributed by atoms with Gasteiger partial charge in [0.1, 0.15) is 0 Å². The normalized spacial score (nSPS) is 13.5. The molecule has 0 radical (unpaired) electrons. The minimum Gasteiger partial charge on any atom is -0.314 e. The second-order valence-corrected chi connectivity index (χ2v) is 4.78. The van der Waals surface area contributed by atoms with Gasteiger partial charge in [0, 0.05) is 18.3 Å². The van der Waals surface area contributed by atoms with Crippen molar-refractivity contribution >= 4 is 0 Å². The molecule has 0 saturated heterocycles. The highest BCUT2D eigenvalue weighted by Crippen LogP contribution is 2.05. The van der Waals surface area contributed by atoms with Crippen LogP contribution in [0.25, 0.3) is 0 Å². The Morgan fingerprint density at radius 3 is 2.47 bits per heavy atom. The van der Waals surface area contributed by atoms with Crippen molar-refractivity contribution in [3.63, 3.8) is 0 Å². The van der Waals surface area contributed by atoms with Crippen LogP contribution >= 0.6 is 0 Å². The number of hydrogen-bond donors (Lipinski definition) is 1. The van der Waals surface area contributed by atoms with Gasteiger partial charge < -0.3 is 5.32 Å². The Labute approximate surface area is 92.9 Å². The maximum atomic E-state index is 4.47. The molecule has 0 amide bonds. The van der Waals surface area contributed by atoms with Crippen molar-refractivity contribution in [2.45, 2.75) is 47.2 Å². The molecular weight excluding hydrogens is 186 g/mol. The van der Waals surface area contributed by atoms with Gasteiger partial charge in [-0.3, -0.25) is 4.68 Å². The molecule has 1 atom stereocenters. The summed E-state index contributed by atoms with van der Waals surface area (Å²) in [6.07, 6.45) is 0. The molecule has 1 heterocycles. The van der Waals surface area contributed by atoms with Crippen molar-refractivity contribution in [2.75, 3.05) is 6.54 Å².